The van der Waals surface area contributed by atoms with E-state index in [0.717, 1.165) is 32.5 Å². The van der Waals surface area contributed by atoms with Crippen LogP contribution >= 0.6 is 0 Å². The molecule has 2 aromatic carbocycles. The van der Waals surface area contributed by atoms with Crippen molar-refractivity contribution in [2.75, 3.05) is 13.1 Å². The summed E-state index contributed by atoms with van der Waals surface area (Å²) in [5.74, 6) is 0.492. The van der Waals surface area contributed by atoms with E-state index in [2.05, 4.69) is 59.5 Å². The maximum atomic E-state index is 6.78. The second-order valence-corrected chi connectivity index (χ2v) is 6.64. The van der Waals surface area contributed by atoms with Crippen LogP contribution in [0.15, 0.2) is 54.6 Å². The number of benzene rings is 2. The number of nitrogens with zero attached hydrogens (tertiary/aromatic N) is 1. The van der Waals surface area contributed by atoms with Crippen LogP contribution in [-0.2, 0) is 13.0 Å². The summed E-state index contributed by atoms with van der Waals surface area (Å²) in [5, 5.41) is 0. The number of hydrogen-bond acceptors (Lipinski definition) is 2. The zero-order valence-corrected chi connectivity index (χ0v) is 12.3. The third-order valence-corrected chi connectivity index (χ3v) is 5.19. The molecule has 0 bridgehead atoms. The fraction of sp³-hybridized carbons (Fsp3) is 0.368. The van der Waals surface area contributed by atoms with E-state index < -0.39 is 0 Å². The van der Waals surface area contributed by atoms with Gasteiger partial charge in [-0.25, -0.2) is 0 Å². The van der Waals surface area contributed by atoms with Crippen LogP contribution in [0, 0.1) is 0 Å². The number of fused-ring (bicyclic) bond motifs is 3. The Balaban J connectivity index is 1.59. The van der Waals surface area contributed by atoms with E-state index in [-0.39, 0.29) is 5.54 Å². The minimum Gasteiger partial charge on any atom is -0.323 e. The summed E-state index contributed by atoms with van der Waals surface area (Å²) < 4.78 is 0. The molecule has 1 aliphatic carbocycles. The SMILES string of the molecule is N[C@@]12CCc3ccccc3[C@H]1CN(Cc1ccccc1)C2. The number of rotatable bonds is 2. The molecule has 0 unspecified atom stereocenters. The van der Waals surface area contributed by atoms with Crippen molar-refractivity contribution in [1.29, 1.82) is 0 Å². The summed E-state index contributed by atoms with van der Waals surface area (Å²) in [6, 6.07) is 19.6. The molecule has 0 aromatic heterocycles. The van der Waals surface area contributed by atoms with Gasteiger partial charge in [0.25, 0.3) is 0 Å². The molecule has 2 atom stereocenters. The standard InChI is InChI=1S/C19H22N2/c20-19-11-10-16-8-4-5-9-17(16)18(19)13-21(14-19)12-15-6-2-1-3-7-15/h1-9,18H,10-14,20H2/t18-,19-/m1/s1. The molecule has 0 amide bonds. The van der Waals surface area contributed by atoms with E-state index >= 15 is 0 Å². The van der Waals surface area contributed by atoms with Crippen LogP contribution < -0.4 is 5.73 Å². The Morgan fingerprint density at radius 2 is 1.81 bits per heavy atom. The lowest BCUT2D eigenvalue weighted by Gasteiger charge is -2.36. The highest BCUT2D eigenvalue weighted by atomic mass is 15.2. The van der Waals surface area contributed by atoms with Crippen molar-refractivity contribution >= 4 is 0 Å². The average molecular weight is 278 g/mol. The van der Waals surface area contributed by atoms with Gasteiger partial charge in [0.2, 0.25) is 0 Å². The van der Waals surface area contributed by atoms with Gasteiger partial charge in [0.15, 0.2) is 0 Å². The molecule has 2 heteroatoms. The Morgan fingerprint density at radius 1 is 1.05 bits per heavy atom. The van der Waals surface area contributed by atoms with E-state index in [1.54, 1.807) is 0 Å². The van der Waals surface area contributed by atoms with Gasteiger partial charge in [-0.3, -0.25) is 4.90 Å². The molecule has 108 valence electrons. The molecule has 2 aliphatic rings. The van der Waals surface area contributed by atoms with Crippen molar-refractivity contribution in [3.8, 4) is 0 Å². The normalized spacial score (nSPS) is 28.1. The van der Waals surface area contributed by atoms with Crippen molar-refractivity contribution < 1.29 is 0 Å². The Kier molecular flexibility index (Phi) is 3.09. The van der Waals surface area contributed by atoms with Gasteiger partial charge in [-0.15, -0.1) is 0 Å². The number of nitrogens with two attached hydrogens (primary N) is 1. The lowest BCUT2D eigenvalue weighted by atomic mass is 9.72. The van der Waals surface area contributed by atoms with Gasteiger partial charge >= 0.3 is 0 Å². The largest absolute Gasteiger partial charge is 0.323 e. The molecule has 0 spiro atoms. The molecule has 1 heterocycles. The van der Waals surface area contributed by atoms with Gasteiger partial charge in [0.05, 0.1) is 0 Å². The van der Waals surface area contributed by atoms with E-state index in [1.165, 1.54) is 16.7 Å². The molecule has 1 fully saturated rings. The zero-order valence-electron chi connectivity index (χ0n) is 12.3. The summed E-state index contributed by atoms with van der Waals surface area (Å²) in [7, 11) is 0. The van der Waals surface area contributed by atoms with Crippen molar-refractivity contribution in [2.45, 2.75) is 30.8 Å². The Bertz CT molecular complexity index is 637. The fourth-order valence-electron chi connectivity index (χ4n) is 4.12. The van der Waals surface area contributed by atoms with Crippen molar-refractivity contribution in [3.05, 3.63) is 71.3 Å². The van der Waals surface area contributed by atoms with Crippen LogP contribution in [0.25, 0.3) is 0 Å². The Morgan fingerprint density at radius 3 is 2.67 bits per heavy atom. The van der Waals surface area contributed by atoms with Crippen LogP contribution in [0.4, 0.5) is 0 Å². The highest BCUT2D eigenvalue weighted by molar-refractivity contribution is 5.38. The minimum atomic E-state index is -0.0386. The van der Waals surface area contributed by atoms with E-state index in [9.17, 15) is 0 Å². The summed E-state index contributed by atoms with van der Waals surface area (Å²) >= 11 is 0. The lowest BCUT2D eigenvalue weighted by molar-refractivity contribution is 0.294. The first-order valence-corrected chi connectivity index (χ1v) is 7.88. The Hall–Kier alpha value is -1.64. The molecule has 1 saturated heterocycles. The molecule has 21 heavy (non-hydrogen) atoms. The predicted molar refractivity (Wildman–Crippen MR) is 86.1 cm³/mol. The van der Waals surface area contributed by atoms with E-state index in [4.69, 9.17) is 5.73 Å². The van der Waals surface area contributed by atoms with E-state index in [0.29, 0.717) is 5.92 Å². The molecule has 2 N–H and O–H groups in total. The second kappa shape index (κ2) is 4.97. The third kappa shape index (κ3) is 2.29. The van der Waals surface area contributed by atoms with Crippen LogP contribution in [0.3, 0.4) is 0 Å². The second-order valence-electron chi connectivity index (χ2n) is 6.64. The number of hydrogen-bond donors (Lipinski definition) is 1. The first-order valence-electron chi connectivity index (χ1n) is 7.88. The lowest BCUT2D eigenvalue weighted by Crippen LogP contribution is -2.49. The maximum absolute atomic E-state index is 6.78. The van der Waals surface area contributed by atoms with Gasteiger partial charge < -0.3 is 5.73 Å². The monoisotopic (exact) mass is 278 g/mol. The highest BCUT2D eigenvalue weighted by Gasteiger charge is 2.46. The van der Waals surface area contributed by atoms with Crippen LogP contribution in [0.1, 0.15) is 29.0 Å². The first-order chi connectivity index (χ1) is 10.2. The first kappa shape index (κ1) is 13.1. The average Bonchev–Trinajstić information content (AvgIpc) is 2.85. The summed E-state index contributed by atoms with van der Waals surface area (Å²) in [6.45, 7) is 3.11. The topological polar surface area (TPSA) is 29.3 Å². The summed E-state index contributed by atoms with van der Waals surface area (Å²) in [5.41, 5.74) is 11.1. The molecule has 2 aromatic rings. The quantitative estimate of drug-likeness (QED) is 0.915. The van der Waals surface area contributed by atoms with Gasteiger partial charge in [-0.2, -0.15) is 0 Å². The maximum Gasteiger partial charge on any atom is 0.0368 e. The molecule has 1 aliphatic heterocycles. The summed E-state index contributed by atoms with van der Waals surface area (Å²) in [6.07, 6.45) is 2.24. The minimum absolute atomic E-state index is 0.0386. The van der Waals surface area contributed by atoms with Crippen LogP contribution in [0.2, 0.25) is 0 Å². The molecule has 0 radical (unpaired) electrons. The number of likely N-dealkylation sites (tertiary alicyclic amines) is 1. The van der Waals surface area contributed by atoms with Crippen molar-refractivity contribution in [3.63, 3.8) is 0 Å². The molecule has 4 rings (SSSR count). The van der Waals surface area contributed by atoms with Crippen molar-refractivity contribution in [2.24, 2.45) is 5.73 Å². The van der Waals surface area contributed by atoms with Crippen LogP contribution in [-0.4, -0.2) is 23.5 Å². The molecular formula is C19H22N2. The van der Waals surface area contributed by atoms with Gasteiger partial charge in [0, 0.05) is 31.1 Å². The molecular weight excluding hydrogens is 256 g/mol. The summed E-state index contributed by atoms with van der Waals surface area (Å²) in [4.78, 5) is 2.53. The molecule has 0 saturated carbocycles. The predicted octanol–water partition coefficient (Wildman–Crippen LogP) is 2.93. The zero-order chi connectivity index (χ0) is 14.3. The smallest absolute Gasteiger partial charge is 0.0368 e. The molecule has 2 nitrogen and oxygen atoms in total. The van der Waals surface area contributed by atoms with Crippen molar-refractivity contribution in [1.82, 2.24) is 4.90 Å². The van der Waals surface area contributed by atoms with Gasteiger partial charge in [-0.1, -0.05) is 54.6 Å². The Labute approximate surface area is 126 Å². The van der Waals surface area contributed by atoms with Crippen LogP contribution in [0.5, 0.6) is 0 Å². The van der Waals surface area contributed by atoms with Gasteiger partial charge in [-0.05, 0) is 29.5 Å². The van der Waals surface area contributed by atoms with E-state index in [1.807, 2.05) is 0 Å². The fourth-order valence-corrected chi connectivity index (χ4v) is 4.12. The number of aryl methyl sites for hydroxylation is 1. The highest BCUT2D eigenvalue weighted by Crippen LogP contribution is 2.43. The van der Waals surface area contributed by atoms with Gasteiger partial charge in [0.1, 0.15) is 0 Å². The third-order valence-electron chi connectivity index (χ3n) is 5.19.